The molecule has 0 atom stereocenters. The molecule has 4 aromatic rings. The molecule has 40 heavy (non-hydrogen) atoms. The average Bonchev–Trinajstić information content (AvgIpc) is 2.96. The molecule has 0 spiro atoms. The zero-order valence-corrected chi connectivity index (χ0v) is 23.7. The first-order valence-corrected chi connectivity index (χ1v) is 13.2. The Balaban J connectivity index is 1.63. The summed E-state index contributed by atoms with van der Waals surface area (Å²) in [6, 6.07) is 24.0. The zero-order valence-electron chi connectivity index (χ0n) is 22.2. The quantitative estimate of drug-likeness (QED) is 0.112. The van der Waals surface area contributed by atoms with Crippen molar-refractivity contribution in [2.75, 3.05) is 39.0 Å². The molecule has 0 aliphatic rings. The maximum atomic E-state index is 12.3. The minimum Gasteiger partial charge on any atom is -0.497 e. The van der Waals surface area contributed by atoms with Crippen LogP contribution in [0, 0.1) is 0 Å². The minimum absolute atomic E-state index is 0.139. The van der Waals surface area contributed by atoms with Crippen molar-refractivity contribution in [1.82, 2.24) is 5.32 Å². The number of hydrogen-bond donors (Lipinski definition) is 1. The Morgan fingerprint density at radius 1 is 0.900 bits per heavy atom. The Bertz CT molecular complexity index is 1500. The van der Waals surface area contributed by atoms with Gasteiger partial charge in [-0.25, -0.2) is 5.01 Å². The van der Waals surface area contributed by atoms with Gasteiger partial charge in [-0.2, -0.15) is 5.10 Å². The topological polar surface area (TPSA) is 72.4 Å². The van der Waals surface area contributed by atoms with Gasteiger partial charge in [-0.15, -0.1) is 0 Å². The van der Waals surface area contributed by atoms with Crippen LogP contribution in [0.2, 0.25) is 10.0 Å². The van der Waals surface area contributed by atoms with E-state index in [0.717, 1.165) is 22.1 Å². The maximum Gasteiger partial charge on any atom is 0.251 e. The summed E-state index contributed by atoms with van der Waals surface area (Å²) in [5, 5.41) is 12.3. The second kappa shape index (κ2) is 13.8. The second-order valence-electron chi connectivity index (χ2n) is 8.69. The van der Waals surface area contributed by atoms with Crippen LogP contribution in [0.25, 0.3) is 10.8 Å². The summed E-state index contributed by atoms with van der Waals surface area (Å²) in [7, 11) is 3.23. The third-order valence-corrected chi connectivity index (χ3v) is 6.41. The van der Waals surface area contributed by atoms with Crippen molar-refractivity contribution in [2.24, 2.45) is 5.10 Å². The molecule has 1 N–H and O–H groups in total. The molecule has 0 aliphatic carbocycles. The van der Waals surface area contributed by atoms with Crippen molar-refractivity contribution in [3.05, 3.63) is 113 Å². The van der Waals surface area contributed by atoms with E-state index in [1.165, 1.54) is 0 Å². The number of fused-ring (bicyclic) bond motifs is 1. The van der Waals surface area contributed by atoms with E-state index in [4.69, 9.17) is 42.5 Å². The number of amides is 1. The Morgan fingerprint density at radius 3 is 2.23 bits per heavy atom. The predicted molar refractivity (Wildman–Crippen MR) is 162 cm³/mol. The summed E-state index contributed by atoms with van der Waals surface area (Å²) < 4.78 is 16.4. The molecular weight excluding hydrogens is 549 g/mol. The van der Waals surface area contributed by atoms with E-state index in [-0.39, 0.29) is 12.5 Å². The molecule has 0 saturated heterocycles. The van der Waals surface area contributed by atoms with Gasteiger partial charge in [0.25, 0.3) is 5.91 Å². The Kier molecular flexibility index (Phi) is 10.0. The molecule has 7 nitrogen and oxygen atoms in total. The highest BCUT2D eigenvalue weighted by atomic mass is 35.5. The van der Waals surface area contributed by atoms with Gasteiger partial charge in [0.05, 0.1) is 19.4 Å². The molecule has 4 rings (SSSR count). The smallest absolute Gasteiger partial charge is 0.251 e. The van der Waals surface area contributed by atoms with Gasteiger partial charge in [0.2, 0.25) is 0 Å². The molecule has 0 saturated carbocycles. The highest BCUT2D eigenvalue weighted by Gasteiger charge is 2.12. The number of ether oxygens (including phenoxy) is 3. The fourth-order valence-corrected chi connectivity index (χ4v) is 4.44. The Labute approximate surface area is 243 Å². The van der Waals surface area contributed by atoms with E-state index in [9.17, 15) is 4.79 Å². The van der Waals surface area contributed by atoms with Gasteiger partial charge in [-0.05, 0) is 71.4 Å². The number of nitrogens with zero attached hydrogens (tertiary/aromatic N) is 2. The third-order valence-electron chi connectivity index (χ3n) is 5.98. The third kappa shape index (κ3) is 7.54. The van der Waals surface area contributed by atoms with Crippen LogP contribution in [-0.2, 0) is 4.74 Å². The van der Waals surface area contributed by atoms with Crippen LogP contribution < -0.4 is 19.8 Å². The molecule has 0 heterocycles. The molecule has 0 radical (unpaired) electrons. The SMILES string of the molecule is C=CN(/N=C(\COc1ccc(C(=O)NCCOC)cc1)c1ccc2cc(OC)ccc2c1)c1cc(Cl)cc(Cl)c1. The number of nitrogens with one attached hydrogen (secondary N) is 1. The second-order valence-corrected chi connectivity index (χ2v) is 9.56. The first kappa shape index (κ1) is 29.0. The van der Waals surface area contributed by atoms with Crippen molar-refractivity contribution in [1.29, 1.82) is 0 Å². The van der Waals surface area contributed by atoms with E-state index in [0.29, 0.717) is 45.9 Å². The number of rotatable bonds is 12. The van der Waals surface area contributed by atoms with Gasteiger partial charge in [-0.3, -0.25) is 4.79 Å². The first-order chi connectivity index (χ1) is 19.4. The molecule has 9 heteroatoms. The van der Waals surface area contributed by atoms with Crippen LogP contribution in [0.4, 0.5) is 5.69 Å². The largest absolute Gasteiger partial charge is 0.497 e. The standard InChI is InChI=1S/C31H29Cl2N3O4/c1-4-36(27-18-25(32)17-26(33)19-27)35-30(24-6-5-23-16-29(39-3)12-9-22(23)15-24)20-40-28-10-7-21(8-11-28)31(37)34-13-14-38-2/h4-12,15-19H,1,13-14,20H2,2-3H3,(H,34,37)/b35-30+. The lowest BCUT2D eigenvalue weighted by Gasteiger charge is -2.18. The summed E-state index contributed by atoms with van der Waals surface area (Å²) in [6.45, 7) is 4.93. The number of carbonyl (C=O) groups is 1. The minimum atomic E-state index is -0.180. The van der Waals surface area contributed by atoms with Crippen LogP contribution in [0.1, 0.15) is 15.9 Å². The molecule has 0 aliphatic heterocycles. The van der Waals surface area contributed by atoms with Crippen LogP contribution in [0.15, 0.2) is 96.7 Å². The number of methoxy groups -OCH3 is 2. The van der Waals surface area contributed by atoms with E-state index < -0.39 is 0 Å². The number of halogens is 2. The number of anilines is 1. The predicted octanol–water partition coefficient (Wildman–Crippen LogP) is 6.96. The molecule has 0 unspecified atom stereocenters. The normalized spacial score (nSPS) is 11.2. The number of hydrogen-bond acceptors (Lipinski definition) is 6. The molecule has 206 valence electrons. The molecule has 1 amide bonds. The number of carbonyl (C=O) groups excluding carboxylic acids is 1. The van der Waals surface area contributed by atoms with Gasteiger partial charge >= 0.3 is 0 Å². The van der Waals surface area contributed by atoms with Crippen molar-refractivity contribution in [2.45, 2.75) is 0 Å². The van der Waals surface area contributed by atoms with Crippen LogP contribution >= 0.6 is 23.2 Å². The van der Waals surface area contributed by atoms with Gasteiger partial charge < -0.3 is 19.5 Å². The van der Waals surface area contributed by atoms with Gasteiger partial charge in [-0.1, -0.05) is 48.0 Å². The van der Waals surface area contributed by atoms with Crippen molar-refractivity contribution >= 4 is 51.3 Å². The average molecular weight is 578 g/mol. The van der Waals surface area contributed by atoms with Gasteiger partial charge in [0.15, 0.2) is 0 Å². The molecule has 0 fully saturated rings. The van der Waals surface area contributed by atoms with Gasteiger partial charge in [0.1, 0.15) is 23.8 Å². The van der Waals surface area contributed by atoms with E-state index >= 15 is 0 Å². The first-order valence-electron chi connectivity index (χ1n) is 12.4. The van der Waals surface area contributed by atoms with Crippen molar-refractivity contribution in [3.63, 3.8) is 0 Å². The van der Waals surface area contributed by atoms with Crippen molar-refractivity contribution in [3.8, 4) is 11.5 Å². The van der Waals surface area contributed by atoms with E-state index in [2.05, 4.69) is 11.9 Å². The molecule has 4 aromatic carbocycles. The maximum absolute atomic E-state index is 12.3. The van der Waals surface area contributed by atoms with Crippen molar-refractivity contribution < 1.29 is 19.0 Å². The number of benzene rings is 4. The van der Waals surface area contributed by atoms with Crippen LogP contribution in [-0.4, -0.2) is 45.6 Å². The zero-order chi connectivity index (χ0) is 28.5. The monoisotopic (exact) mass is 577 g/mol. The molecular formula is C31H29Cl2N3O4. The number of hydrazone groups is 1. The summed E-state index contributed by atoms with van der Waals surface area (Å²) >= 11 is 12.5. The summed E-state index contributed by atoms with van der Waals surface area (Å²) in [4.78, 5) is 12.3. The fraction of sp³-hybridized carbons (Fsp3) is 0.161. The summed E-state index contributed by atoms with van der Waals surface area (Å²) in [5.74, 6) is 1.19. The molecule has 0 bridgehead atoms. The lowest BCUT2D eigenvalue weighted by molar-refractivity contribution is 0.0937. The van der Waals surface area contributed by atoms with Gasteiger partial charge in [0, 0.05) is 41.0 Å². The van der Waals surface area contributed by atoms with Crippen LogP contribution in [0.3, 0.4) is 0 Å². The highest BCUT2D eigenvalue weighted by molar-refractivity contribution is 6.35. The Hall–Kier alpha value is -4.04. The lowest BCUT2D eigenvalue weighted by Crippen LogP contribution is -2.26. The Morgan fingerprint density at radius 2 is 1.55 bits per heavy atom. The highest BCUT2D eigenvalue weighted by Crippen LogP contribution is 2.27. The summed E-state index contributed by atoms with van der Waals surface area (Å²) in [6.07, 6.45) is 1.57. The summed E-state index contributed by atoms with van der Waals surface area (Å²) in [5.41, 5.74) is 2.67. The fourth-order valence-electron chi connectivity index (χ4n) is 3.93. The molecule has 0 aromatic heterocycles. The van der Waals surface area contributed by atoms with E-state index in [1.807, 2.05) is 36.4 Å². The lowest BCUT2D eigenvalue weighted by atomic mass is 10.0. The van der Waals surface area contributed by atoms with E-state index in [1.54, 1.807) is 67.9 Å². The van der Waals surface area contributed by atoms with Crippen LogP contribution in [0.5, 0.6) is 11.5 Å².